The molecule has 1 aromatic carbocycles. The predicted octanol–water partition coefficient (Wildman–Crippen LogP) is 3.99. The molecule has 2 heterocycles. The lowest BCUT2D eigenvalue weighted by atomic mass is 10.2. The van der Waals surface area contributed by atoms with E-state index in [1.807, 2.05) is 0 Å². The molecule has 0 unspecified atom stereocenters. The van der Waals surface area contributed by atoms with Crippen LogP contribution in [0.4, 0.5) is 5.95 Å². The van der Waals surface area contributed by atoms with Crippen molar-refractivity contribution < 1.29 is 27.7 Å². The monoisotopic (exact) mass is 589 g/mol. The van der Waals surface area contributed by atoms with Gasteiger partial charge in [-0.2, -0.15) is 0 Å². The van der Waals surface area contributed by atoms with Crippen LogP contribution in [0.5, 0.6) is 17.4 Å². The summed E-state index contributed by atoms with van der Waals surface area (Å²) in [5.41, 5.74) is 0.843. The molecular formula is C27H39N5O6SSi. The van der Waals surface area contributed by atoms with E-state index in [4.69, 9.17) is 14.2 Å². The van der Waals surface area contributed by atoms with Crippen molar-refractivity contribution in [3.63, 3.8) is 0 Å². The number of hydrogen-bond acceptors (Lipinski definition) is 9. The van der Waals surface area contributed by atoms with E-state index in [-0.39, 0.29) is 24.2 Å². The molecule has 1 saturated carbocycles. The average molecular weight is 590 g/mol. The van der Waals surface area contributed by atoms with Gasteiger partial charge >= 0.3 is 0 Å². The number of para-hydroxylation sites is 1. The molecule has 0 radical (unpaired) electrons. The summed E-state index contributed by atoms with van der Waals surface area (Å²) in [5.74, 6) is 1.55. The van der Waals surface area contributed by atoms with E-state index in [0.717, 1.165) is 12.8 Å². The number of aromatic nitrogens is 4. The van der Waals surface area contributed by atoms with E-state index in [2.05, 4.69) is 34.8 Å². The number of methoxy groups -OCH3 is 3. The van der Waals surface area contributed by atoms with E-state index in [1.165, 1.54) is 25.6 Å². The number of anilines is 1. The van der Waals surface area contributed by atoms with Gasteiger partial charge in [-0.25, -0.2) is 17.7 Å². The van der Waals surface area contributed by atoms with Crippen LogP contribution in [-0.4, -0.2) is 80.6 Å². The summed E-state index contributed by atoms with van der Waals surface area (Å²) in [5, 5.41) is 18.8. The molecule has 0 spiro atoms. The topological polar surface area (TPSA) is 129 Å². The van der Waals surface area contributed by atoms with Gasteiger partial charge in [0.25, 0.3) is 0 Å². The fraction of sp³-hybridized carbons (Fsp3) is 0.519. The molecule has 1 fully saturated rings. The zero-order valence-electron chi connectivity index (χ0n) is 24.2. The highest BCUT2D eigenvalue weighted by Gasteiger charge is 2.43. The van der Waals surface area contributed by atoms with E-state index in [9.17, 15) is 13.5 Å². The Labute approximate surface area is 237 Å². The Hall–Kier alpha value is -3.16. The number of pyridine rings is 1. The fourth-order valence-electron chi connectivity index (χ4n) is 4.49. The van der Waals surface area contributed by atoms with Gasteiger partial charge in [0.05, 0.1) is 27.4 Å². The quantitative estimate of drug-likeness (QED) is 0.294. The first-order valence-corrected chi connectivity index (χ1v) is 18.5. The highest BCUT2D eigenvalue weighted by molar-refractivity contribution is 7.93. The molecule has 11 nitrogen and oxygen atoms in total. The van der Waals surface area contributed by atoms with Gasteiger partial charge in [-0.15, -0.1) is 10.2 Å². The average Bonchev–Trinajstić information content (AvgIpc) is 3.70. The third-order valence-corrected chi connectivity index (χ3v) is 11.0. The third kappa shape index (κ3) is 6.10. The molecule has 218 valence electrons. The van der Waals surface area contributed by atoms with Gasteiger partial charge in [0, 0.05) is 20.7 Å². The summed E-state index contributed by atoms with van der Waals surface area (Å²) in [6.07, 6.45) is 0.655. The van der Waals surface area contributed by atoms with Crippen molar-refractivity contribution in [2.45, 2.75) is 56.8 Å². The molecular weight excluding hydrogens is 550 g/mol. The molecule has 0 amide bonds. The Bertz CT molecular complexity index is 1420. The zero-order valence-corrected chi connectivity index (χ0v) is 26.0. The normalized spacial score (nSPS) is 15.4. The van der Waals surface area contributed by atoms with Crippen LogP contribution in [0.3, 0.4) is 0 Å². The van der Waals surface area contributed by atoms with Gasteiger partial charge in [-0.3, -0.25) is 4.57 Å². The number of benzene rings is 1. The lowest BCUT2D eigenvalue weighted by Crippen LogP contribution is -2.46. The van der Waals surface area contributed by atoms with E-state index < -0.39 is 29.5 Å². The summed E-state index contributed by atoms with van der Waals surface area (Å²) in [6.45, 7) is 8.29. The van der Waals surface area contributed by atoms with Crippen LogP contribution in [-0.2, 0) is 10.0 Å². The molecule has 0 bridgehead atoms. The maximum absolute atomic E-state index is 14.3. The van der Waals surface area contributed by atoms with Crippen molar-refractivity contribution in [2.24, 2.45) is 5.92 Å². The van der Waals surface area contributed by atoms with Crippen molar-refractivity contribution in [1.82, 2.24) is 19.7 Å². The smallest absolute Gasteiger partial charge is 0.246 e. The summed E-state index contributed by atoms with van der Waals surface area (Å²) < 4.78 is 48.2. The number of aliphatic hydroxyl groups is 1. The van der Waals surface area contributed by atoms with Crippen molar-refractivity contribution >= 4 is 24.0 Å². The minimum Gasteiger partial charge on any atom is -0.494 e. The zero-order chi connectivity index (χ0) is 29.2. The molecule has 13 heteroatoms. The van der Waals surface area contributed by atoms with Crippen LogP contribution >= 0.6 is 0 Å². The first kappa shape index (κ1) is 29.8. The van der Waals surface area contributed by atoms with Crippen LogP contribution in [0.15, 0.2) is 36.4 Å². The van der Waals surface area contributed by atoms with Crippen molar-refractivity contribution in [3.8, 4) is 34.6 Å². The van der Waals surface area contributed by atoms with Gasteiger partial charge in [0.15, 0.2) is 5.82 Å². The molecule has 4 rings (SSSR count). The molecule has 0 saturated heterocycles. The maximum Gasteiger partial charge on any atom is 0.246 e. The molecule has 1 N–H and O–H groups in total. The molecule has 0 aliphatic heterocycles. The van der Waals surface area contributed by atoms with Crippen LogP contribution in [0, 0.1) is 5.92 Å². The molecule has 3 aromatic rings. The van der Waals surface area contributed by atoms with Crippen molar-refractivity contribution in [3.05, 3.63) is 36.4 Å². The Kier molecular flexibility index (Phi) is 8.76. The fourth-order valence-corrected chi connectivity index (χ4v) is 7.21. The molecule has 1 aliphatic rings. The first-order chi connectivity index (χ1) is 18.9. The summed E-state index contributed by atoms with van der Waals surface area (Å²) in [4.78, 5) is 4.55. The van der Waals surface area contributed by atoms with E-state index in [0.29, 0.717) is 34.8 Å². The second kappa shape index (κ2) is 11.8. The molecule has 1 aliphatic carbocycles. The summed E-state index contributed by atoms with van der Waals surface area (Å²) in [6, 6.07) is 11.2. The van der Waals surface area contributed by atoms with Crippen molar-refractivity contribution in [2.75, 3.05) is 32.2 Å². The number of ether oxygens (including phenoxy) is 3. The second-order valence-corrected chi connectivity index (χ2v) is 19.0. The van der Waals surface area contributed by atoms with Crippen LogP contribution in [0.2, 0.25) is 25.7 Å². The first-order valence-electron chi connectivity index (χ1n) is 13.3. The standard InChI is InChI=1S/C27H39N5O6SSi/c1-18(25(33)19-14-15-19)39(34,35)31(16-17-40(5,6)7)27-30-29-26(20-10-8-13-23(28-20)38-4)32(27)24-21(36-2)11-9-12-22(24)37-3/h8-13,18-19,25,33H,14-17H2,1-7H3/t18-,25-/m0/s1. The van der Waals surface area contributed by atoms with Gasteiger partial charge in [0.2, 0.25) is 21.9 Å². The summed E-state index contributed by atoms with van der Waals surface area (Å²) >= 11 is 0. The Morgan fingerprint density at radius 2 is 1.65 bits per heavy atom. The Morgan fingerprint density at radius 3 is 2.20 bits per heavy atom. The van der Waals surface area contributed by atoms with Crippen molar-refractivity contribution in [1.29, 1.82) is 0 Å². The Balaban J connectivity index is 2.00. The van der Waals surface area contributed by atoms with Crippen LogP contribution in [0.25, 0.3) is 17.2 Å². The molecule has 40 heavy (non-hydrogen) atoms. The number of hydrogen-bond donors (Lipinski definition) is 1. The second-order valence-electron chi connectivity index (χ2n) is 11.2. The number of nitrogens with zero attached hydrogens (tertiary/aromatic N) is 5. The molecule has 2 atom stereocenters. The lowest BCUT2D eigenvalue weighted by molar-refractivity contribution is 0.149. The van der Waals surface area contributed by atoms with Gasteiger partial charge in [0.1, 0.15) is 28.1 Å². The van der Waals surface area contributed by atoms with Crippen LogP contribution in [0.1, 0.15) is 19.8 Å². The number of rotatable bonds is 13. The van der Waals surface area contributed by atoms with E-state index >= 15 is 0 Å². The minimum absolute atomic E-state index is 0.0210. The molecule has 2 aromatic heterocycles. The summed E-state index contributed by atoms with van der Waals surface area (Å²) in [7, 11) is -1.21. The maximum atomic E-state index is 14.3. The predicted molar refractivity (Wildman–Crippen MR) is 157 cm³/mol. The SMILES string of the molecule is COc1cccc(-c2nnc(N(CC[Si](C)(C)C)S(=O)(=O)[C@@H](C)[C@H](O)C3CC3)n2-c2c(OC)cccc2OC)n1. The van der Waals surface area contributed by atoms with Crippen LogP contribution < -0.4 is 18.5 Å². The highest BCUT2D eigenvalue weighted by Crippen LogP contribution is 2.41. The largest absolute Gasteiger partial charge is 0.494 e. The van der Waals surface area contributed by atoms with Gasteiger partial charge < -0.3 is 19.3 Å². The third-order valence-electron chi connectivity index (χ3n) is 7.08. The number of sulfonamides is 1. The lowest BCUT2D eigenvalue weighted by Gasteiger charge is -2.31. The van der Waals surface area contributed by atoms with Gasteiger partial charge in [-0.05, 0) is 49.9 Å². The van der Waals surface area contributed by atoms with Gasteiger partial charge in [-0.1, -0.05) is 31.8 Å². The highest BCUT2D eigenvalue weighted by atomic mass is 32.2. The van der Waals surface area contributed by atoms with E-state index in [1.54, 1.807) is 47.9 Å². The Morgan fingerprint density at radius 1 is 1.02 bits per heavy atom. The number of aliphatic hydroxyl groups excluding tert-OH is 1. The minimum atomic E-state index is -4.08.